The number of benzene rings is 1. The van der Waals surface area contributed by atoms with Crippen molar-refractivity contribution in [2.75, 3.05) is 7.11 Å². The molecule has 0 bridgehead atoms. The van der Waals surface area contributed by atoms with Crippen LogP contribution in [0.15, 0.2) is 36.4 Å². The Morgan fingerprint density at radius 3 is 2.33 bits per heavy atom. The fourth-order valence-corrected chi connectivity index (χ4v) is 1.82. The van der Waals surface area contributed by atoms with Crippen molar-refractivity contribution in [3.05, 3.63) is 47.1 Å². The van der Waals surface area contributed by atoms with E-state index < -0.39 is 0 Å². The molecule has 5 heteroatoms. The van der Waals surface area contributed by atoms with Crippen LogP contribution < -0.4 is 9.47 Å². The predicted octanol–water partition coefficient (Wildman–Crippen LogP) is 4.27. The summed E-state index contributed by atoms with van der Waals surface area (Å²) in [6.07, 6.45) is 0. The van der Waals surface area contributed by atoms with E-state index in [0.717, 1.165) is 5.75 Å². The summed E-state index contributed by atoms with van der Waals surface area (Å²) in [4.78, 5) is 4.21. The van der Waals surface area contributed by atoms with Crippen LogP contribution in [0, 0.1) is 0 Å². The van der Waals surface area contributed by atoms with Crippen molar-refractivity contribution in [3.8, 4) is 17.4 Å². The molecule has 18 heavy (non-hydrogen) atoms. The molecule has 0 saturated heterocycles. The zero-order valence-electron chi connectivity index (χ0n) is 9.69. The number of alkyl halides is 1. The largest absolute Gasteiger partial charge is 0.497 e. The van der Waals surface area contributed by atoms with Gasteiger partial charge in [-0.1, -0.05) is 11.6 Å². The van der Waals surface area contributed by atoms with E-state index in [4.69, 9.17) is 32.7 Å². The maximum Gasteiger partial charge on any atom is 0.219 e. The molecule has 0 saturated carbocycles. The molecular weight excluding hydrogens is 273 g/mol. The molecule has 1 aromatic heterocycles. The average Bonchev–Trinajstić information content (AvgIpc) is 2.42. The fourth-order valence-electron chi connectivity index (χ4n) is 1.38. The molecule has 1 aromatic carbocycles. The van der Waals surface area contributed by atoms with E-state index in [1.165, 1.54) is 0 Å². The SMILES string of the molecule is COc1ccc(Oc2ccc(Cl)c(CCl)n2)cc1. The lowest BCUT2D eigenvalue weighted by Crippen LogP contribution is -1.92. The molecule has 3 nitrogen and oxygen atoms in total. The first kappa shape index (κ1) is 13.0. The third kappa shape index (κ3) is 3.06. The molecule has 1 heterocycles. The van der Waals surface area contributed by atoms with Crippen molar-refractivity contribution < 1.29 is 9.47 Å². The number of pyridine rings is 1. The number of ether oxygens (including phenoxy) is 2. The first-order chi connectivity index (χ1) is 8.72. The van der Waals surface area contributed by atoms with Gasteiger partial charge in [0.15, 0.2) is 0 Å². The zero-order valence-corrected chi connectivity index (χ0v) is 11.2. The van der Waals surface area contributed by atoms with E-state index >= 15 is 0 Å². The molecule has 0 radical (unpaired) electrons. The second-order valence-electron chi connectivity index (χ2n) is 3.49. The minimum Gasteiger partial charge on any atom is -0.497 e. The predicted molar refractivity (Wildman–Crippen MR) is 71.9 cm³/mol. The number of nitrogens with zero attached hydrogens (tertiary/aromatic N) is 1. The topological polar surface area (TPSA) is 31.4 Å². The molecule has 0 unspecified atom stereocenters. The Hall–Kier alpha value is -1.45. The van der Waals surface area contributed by atoms with Crippen LogP contribution in [0.3, 0.4) is 0 Å². The smallest absolute Gasteiger partial charge is 0.219 e. The Balaban J connectivity index is 2.17. The second kappa shape index (κ2) is 5.94. The van der Waals surface area contributed by atoms with Gasteiger partial charge in [-0.25, -0.2) is 4.98 Å². The van der Waals surface area contributed by atoms with Crippen molar-refractivity contribution in [1.82, 2.24) is 4.98 Å². The lowest BCUT2D eigenvalue weighted by Gasteiger charge is -2.07. The normalized spacial score (nSPS) is 10.2. The number of methoxy groups -OCH3 is 1. The molecule has 94 valence electrons. The minimum atomic E-state index is 0.249. The fraction of sp³-hybridized carbons (Fsp3) is 0.154. The lowest BCUT2D eigenvalue weighted by molar-refractivity contribution is 0.412. The van der Waals surface area contributed by atoms with Crippen LogP contribution in [0.2, 0.25) is 5.02 Å². The number of hydrogen-bond acceptors (Lipinski definition) is 3. The van der Waals surface area contributed by atoms with E-state index in [1.807, 2.05) is 12.1 Å². The Kier molecular flexibility index (Phi) is 4.28. The van der Waals surface area contributed by atoms with E-state index in [-0.39, 0.29) is 5.88 Å². The molecule has 2 aromatic rings. The first-order valence-electron chi connectivity index (χ1n) is 5.26. The van der Waals surface area contributed by atoms with Gasteiger partial charge in [-0.3, -0.25) is 0 Å². The highest BCUT2D eigenvalue weighted by atomic mass is 35.5. The summed E-state index contributed by atoms with van der Waals surface area (Å²) >= 11 is 11.6. The van der Waals surface area contributed by atoms with Gasteiger partial charge < -0.3 is 9.47 Å². The summed E-state index contributed by atoms with van der Waals surface area (Å²) in [6, 6.07) is 10.6. The van der Waals surface area contributed by atoms with Gasteiger partial charge in [0, 0.05) is 6.07 Å². The van der Waals surface area contributed by atoms with Crippen molar-refractivity contribution in [2.45, 2.75) is 5.88 Å². The summed E-state index contributed by atoms with van der Waals surface area (Å²) in [5, 5.41) is 0.534. The Labute approximate surface area is 115 Å². The van der Waals surface area contributed by atoms with Crippen LogP contribution in [0.25, 0.3) is 0 Å². The van der Waals surface area contributed by atoms with Gasteiger partial charge in [0.25, 0.3) is 0 Å². The van der Waals surface area contributed by atoms with Crippen LogP contribution >= 0.6 is 23.2 Å². The molecule has 0 amide bonds. The molecule has 0 aliphatic heterocycles. The number of aromatic nitrogens is 1. The van der Waals surface area contributed by atoms with Crippen molar-refractivity contribution in [3.63, 3.8) is 0 Å². The van der Waals surface area contributed by atoms with Gasteiger partial charge in [-0.05, 0) is 30.3 Å². The Morgan fingerprint density at radius 1 is 1.06 bits per heavy atom. The molecule has 0 fully saturated rings. The standard InChI is InChI=1S/C13H11Cl2NO2/c1-17-9-2-4-10(5-3-9)18-13-7-6-11(15)12(8-14)16-13/h2-7H,8H2,1H3. The maximum atomic E-state index is 5.92. The van der Waals surface area contributed by atoms with Gasteiger partial charge in [-0.15, -0.1) is 11.6 Å². The highest BCUT2D eigenvalue weighted by molar-refractivity contribution is 6.32. The number of rotatable bonds is 4. The molecule has 0 atom stereocenters. The highest BCUT2D eigenvalue weighted by Crippen LogP contribution is 2.25. The van der Waals surface area contributed by atoms with Gasteiger partial charge in [0.1, 0.15) is 11.5 Å². The number of hydrogen-bond donors (Lipinski definition) is 0. The van der Waals surface area contributed by atoms with E-state index in [2.05, 4.69) is 4.98 Å². The number of halogens is 2. The van der Waals surface area contributed by atoms with Crippen molar-refractivity contribution >= 4 is 23.2 Å². The lowest BCUT2D eigenvalue weighted by atomic mass is 10.3. The maximum absolute atomic E-state index is 5.92. The van der Waals surface area contributed by atoms with E-state index in [9.17, 15) is 0 Å². The van der Waals surface area contributed by atoms with Gasteiger partial charge in [0.2, 0.25) is 5.88 Å². The average molecular weight is 284 g/mol. The molecule has 2 rings (SSSR count). The minimum absolute atomic E-state index is 0.249. The summed E-state index contributed by atoms with van der Waals surface area (Å²) in [5.74, 6) is 2.15. The molecule has 0 aliphatic rings. The van der Waals surface area contributed by atoms with Crippen LogP contribution in [0.1, 0.15) is 5.69 Å². The Morgan fingerprint density at radius 2 is 1.72 bits per heavy atom. The van der Waals surface area contributed by atoms with E-state index in [0.29, 0.717) is 22.3 Å². The van der Waals surface area contributed by atoms with Crippen LogP contribution in [-0.2, 0) is 5.88 Å². The molecular formula is C13H11Cl2NO2. The summed E-state index contributed by atoms with van der Waals surface area (Å²) < 4.78 is 10.7. The highest BCUT2D eigenvalue weighted by Gasteiger charge is 2.05. The monoisotopic (exact) mass is 283 g/mol. The van der Waals surface area contributed by atoms with Gasteiger partial charge in [-0.2, -0.15) is 0 Å². The summed E-state index contributed by atoms with van der Waals surface area (Å²) in [6.45, 7) is 0. The van der Waals surface area contributed by atoms with Crippen molar-refractivity contribution in [2.24, 2.45) is 0 Å². The first-order valence-corrected chi connectivity index (χ1v) is 6.17. The zero-order chi connectivity index (χ0) is 13.0. The van der Waals surface area contributed by atoms with Crippen LogP contribution in [-0.4, -0.2) is 12.1 Å². The van der Waals surface area contributed by atoms with Gasteiger partial charge in [0.05, 0.1) is 23.7 Å². The molecule has 0 aliphatic carbocycles. The summed E-state index contributed by atoms with van der Waals surface area (Å²) in [5.41, 5.74) is 0.601. The second-order valence-corrected chi connectivity index (χ2v) is 4.16. The van der Waals surface area contributed by atoms with Crippen molar-refractivity contribution in [1.29, 1.82) is 0 Å². The van der Waals surface area contributed by atoms with Gasteiger partial charge >= 0.3 is 0 Å². The van der Waals surface area contributed by atoms with Crippen LogP contribution in [0.4, 0.5) is 0 Å². The third-order valence-electron chi connectivity index (χ3n) is 2.30. The Bertz CT molecular complexity index is 529. The molecule has 0 spiro atoms. The van der Waals surface area contributed by atoms with Crippen LogP contribution in [0.5, 0.6) is 17.4 Å². The quantitative estimate of drug-likeness (QED) is 0.785. The van der Waals surface area contributed by atoms with E-state index in [1.54, 1.807) is 31.4 Å². The summed E-state index contributed by atoms with van der Waals surface area (Å²) in [7, 11) is 1.61. The molecule has 0 N–H and O–H groups in total. The third-order valence-corrected chi connectivity index (χ3v) is 2.90.